The van der Waals surface area contributed by atoms with E-state index in [9.17, 15) is 0 Å². The van der Waals surface area contributed by atoms with Crippen LogP contribution in [0.4, 0.5) is 0 Å². The molecule has 1 aromatic heterocycles. The Hall–Kier alpha value is 0.140. The van der Waals surface area contributed by atoms with Crippen LogP contribution in [-0.2, 0) is 6.54 Å². The van der Waals surface area contributed by atoms with E-state index in [4.69, 9.17) is 0 Å². The van der Waals surface area contributed by atoms with Gasteiger partial charge in [0.2, 0.25) is 0 Å². The van der Waals surface area contributed by atoms with Gasteiger partial charge in [0.1, 0.15) is 0 Å². The molecule has 3 heteroatoms. The maximum Gasteiger partial charge on any atom is 0.0314 e. The first-order valence-electron chi connectivity index (χ1n) is 6.55. The number of aryl methyl sites for hydroxylation is 1. The predicted octanol–water partition coefficient (Wildman–Crippen LogP) is 4.88. The predicted molar refractivity (Wildman–Crippen MR) is 79.7 cm³/mol. The summed E-state index contributed by atoms with van der Waals surface area (Å²) in [5.74, 6) is 0. The van der Waals surface area contributed by atoms with E-state index in [0.29, 0.717) is 5.41 Å². The van der Waals surface area contributed by atoms with Crippen LogP contribution in [0.5, 0.6) is 0 Å². The van der Waals surface area contributed by atoms with Gasteiger partial charge >= 0.3 is 0 Å². The van der Waals surface area contributed by atoms with E-state index in [-0.39, 0.29) is 0 Å². The van der Waals surface area contributed by atoms with Crippen molar-refractivity contribution in [3.05, 3.63) is 20.3 Å². The Morgan fingerprint density at radius 1 is 1.35 bits per heavy atom. The molecule has 0 saturated heterocycles. The molecule has 1 N–H and O–H groups in total. The fraction of sp³-hybridized carbons (Fsp3) is 0.714. The topological polar surface area (TPSA) is 12.0 Å². The quantitative estimate of drug-likeness (QED) is 0.835. The lowest BCUT2D eigenvalue weighted by molar-refractivity contribution is 0.208. The van der Waals surface area contributed by atoms with Gasteiger partial charge in [0, 0.05) is 27.3 Å². The lowest BCUT2D eigenvalue weighted by atomic mass is 9.76. The second-order valence-electron chi connectivity index (χ2n) is 5.59. The average molecular weight is 316 g/mol. The molecule has 0 amide bonds. The molecule has 0 atom stereocenters. The van der Waals surface area contributed by atoms with Crippen molar-refractivity contribution < 1.29 is 0 Å². The Bertz CT molecular complexity index is 347. The molecule has 17 heavy (non-hydrogen) atoms. The fourth-order valence-corrected chi connectivity index (χ4v) is 4.25. The zero-order valence-corrected chi connectivity index (χ0v) is 13.2. The van der Waals surface area contributed by atoms with Crippen LogP contribution in [0.25, 0.3) is 0 Å². The van der Waals surface area contributed by atoms with Gasteiger partial charge in [0.25, 0.3) is 0 Å². The molecule has 0 unspecified atom stereocenters. The van der Waals surface area contributed by atoms with Gasteiger partial charge in [0.15, 0.2) is 0 Å². The van der Waals surface area contributed by atoms with E-state index in [1.54, 1.807) is 0 Å². The number of hydrogen-bond acceptors (Lipinski definition) is 2. The highest BCUT2D eigenvalue weighted by molar-refractivity contribution is 9.10. The Balaban J connectivity index is 1.78. The largest absolute Gasteiger partial charge is 0.311 e. The molecule has 2 rings (SSSR count). The molecule has 1 saturated carbocycles. The minimum atomic E-state index is 0.543. The Kier molecular flexibility index (Phi) is 4.67. The van der Waals surface area contributed by atoms with Gasteiger partial charge in [-0.1, -0.05) is 26.2 Å². The summed E-state index contributed by atoms with van der Waals surface area (Å²) in [5, 5.41) is 3.64. The molecular formula is C14H22BrNS. The van der Waals surface area contributed by atoms with Gasteiger partial charge in [-0.25, -0.2) is 0 Å². The molecular weight excluding hydrogens is 294 g/mol. The van der Waals surface area contributed by atoms with Crippen molar-refractivity contribution in [1.29, 1.82) is 0 Å². The molecule has 96 valence electrons. The van der Waals surface area contributed by atoms with Crippen LogP contribution in [0.1, 0.15) is 48.8 Å². The summed E-state index contributed by atoms with van der Waals surface area (Å²) in [5.41, 5.74) is 0.543. The molecule has 1 nitrogen and oxygen atoms in total. The van der Waals surface area contributed by atoms with Gasteiger partial charge < -0.3 is 5.32 Å². The van der Waals surface area contributed by atoms with Crippen LogP contribution in [-0.4, -0.2) is 6.54 Å². The van der Waals surface area contributed by atoms with Gasteiger partial charge in [0.05, 0.1) is 0 Å². The highest BCUT2D eigenvalue weighted by Crippen LogP contribution is 2.35. The summed E-state index contributed by atoms with van der Waals surface area (Å²) in [6.45, 7) is 6.80. The highest BCUT2D eigenvalue weighted by Gasteiger charge is 2.25. The summed E-state index contributed by atoms with van der Waals surface area (Å²) in [6.07, 6.45) is 7.07. The first-order chi connectivity index (χ1) is 8.09. The van der Waals surface area contributed by atoms with E-state index in [1.807, 2.05) is 11.3 Å². The van der Waals surface area contributed by atoms with E-state index in [0.717, 1.165) is 6.54 Å². The highest BCUT2D eigenvalue weighted by atomic mass is 79.9. The molecule has 1 aromatic rings. The van der Waals surface area contributed by atoms with Crippen LogP contribution < -0.4 is 5.32 Å². The Morgan fingerprint density at radius 2 is 2.06 bits per heavy atom. The molecule has 1 fully saturated rings. The SMILES string of the molecule is Cc1sc(CNCC2(C)CCCCC2)cc1Br. The number of rotatable bonds is 4. The minimum absolute atomic E-state index is 0.543. The van der Waals surface area contributed by atoms with E-state index >= 15 is 0 Å². The van der Waals surface area contributed by atoms with Crippen LogP contribution >= 0.6 is 27.3 Å². The minimum Gasteiger partial charge on any atom is -0.311 e. The summed E-state index contributed by atoms with van der Waals surface area (Å²) >= 11 is 5.47. The molecule has 1 heterocycles. The lowest BCUT2D eigenvalue weighted by Crippen LogP contribution is -2.33. The number of nitrogens with one attached hydrogen (secondary N) is 1. The lowest BCUT2D eigenvalue weighted by Gasteiger charge is -2.33. The molecule has 1 aliphatic rings. The Morgan fingerprint density at radius 3 is 2.65 bits per heavy atom. The second kappa shape index (κ2) is 5.85. The molecule has 1 aliphatic carbocycles. The third kappa shape index (κ3) is 3.80. The molecule has 0 aromatic carbocycles. The van der Waals surface area contributed by atoms with Crippen LogP contribution in [0, 0.1) is 12.3 Å². The Labute approximate surface area is 117 Å². The van der Waals surface area contributed by atoms with Crippen molar-refractivity contribution in [1.82, 2.24) is 5.32 Å². The van der Waals surface area contributed by atoms with E-state index in [1.165, 1.54) is 52.9 Å². The van der Waals surface area contributed by atoms with Crippen molar-refractivity contribution in [2.75, 3.05) is 6.54 Å². The number of hydrogen-bond donors (Lipinski definition) is 1. The number of thiophene rings is 1. The van der Waals surface area contributed by atoms with Crippen molar-refractivity contribution in [3.8, 4) is 0 Å². The maximum absolute atomic E-state index is 3.64. The standard InChI is InChI=1S/C14H22BrNS/c1-11-13(15)8-12(17-11)9-16-10-14(2)6-4-3-5-7-14/h8,16H,3-7,9-10H2,1-2H3. The summed E-state index contributed by atoms with van der Waals surface area (Å²) in [4.78, 5) is 2.82. The zero-order valence-electron chi connectivity index (χ0n) is 10.8. The van der Waals surface area contributed by atoms with Gasteiger partial charge in [-0.2, -0.15) is 0 Å². The molecule has 0 bridgehead atoms. The van der Waals surface area contributed by atoms with Crippen molar-refractivity contribution >= 4 is 27.3 Å². The van der Waals surface area contributed by atoms with Gasteiger partial charge in [-0.15, -0.1) is 11.3 Å². The van der Waals surface area contributed by atoms with Crippen molar-refractivity contribution in [3.63, 3.8) is 0 Å². The third-order valence-electron chi connectivity index (χ3n) is 3.82. The summed E-state index contributed by atoms with van der Waals surface area (Å²) < 4.78 is 1.25. The van der Waals surface area contributed by atoms with Crippen molar-refractivity contribution in [2.24, 2.45) is 5.41 Å². The molecule has 0 spiro atoms. The summed E-state index contributed by atoms with van der Waals surface area (Å²) in [6, 6.07) is 2.25. The first-order valence-corrected chi connectivity index (χ1v) is 8.16. The third-order valence-corrected chi connectivity index (χ3v) is 5.96. The summed E-state index contributed by atoms with van der Waals surface area (Å²) in [7, 11) is 0. The van der Waals surface area contributed by atoms with Gasteiger partial charge in [-0.05, 0) is 47.2 Å². The molecule has 0 radical (unpaired) electrons. The molecule has 0 aliphatic heterocycles. The fourth-order valence-electron chi connectivity index (χ4n) is 2.67. The average Bonchev–Trinajstić information content (AvgIpc) is 2.59. The first kappa shape index (κ1) is 13.6. The smallest absolute Gasteiger partial charge is 0.0314 e. The zero-order chi connectivity index (χ0) is 12.3. The van der Waals surface area contributed by atoms with Crippen LogP contribution in [0.2, 0.25) is 0 Å². The van der Waals surface area contributed by atoms with Crippen LogP contribution in [0.3, 0.4) is 0 Å². The van der Waals surface area contributed by atoms with E-state index < -0.39 is 0 Å². The van der Waals surface area contributed by atoms with E-state index in [2.05, 4.69) is 41.2 Å². The van der Waals surface area contributed by atoms with Crippen molar-refractivity contribution in [2.45, 2.75) is 52.5 Å². The second-order valence-corrected chi connectivity index (χ2v) is 7.79. The van der Waals surface area contributed by atoms with Gasteiger partial charge in [-0.3, -0.25) is 0 Å². The maximum atomic E-state index is 3.64. The normalized spacial score (nSPS) is 19.5. The number of halogens is 1. The monoisotopic (exact) mass is 315 g/mol. The van der Waals surface area contributed by atoms with Crippen LogP contribution in [0.15, 0.2) is 10.5 Å².